The van der Waals surface area contributed by atoms with Crippen molar-refractivity contribution in [2.24, 2.45) is 5.73 Å². The van der Waals surface area contributed by atoms with Gasteiger partial charge in [-0.3, -0.25) is 0 Å². The quantitative estimate of drug-likeness (QED) is 0.783. The topological polar surface area (TPSA) is 35.2 Å². The molecule has 0 aliphatic heterocycles. The fraction of sp³-hybridized carbons (Fsp3) is 0.429. The standard InChI is InChI=1S/C14H20ClNO/c1-4-10(2)8-14(16)11(3)17-13-7-5-6-12(15)9-13/h5-7,9,11,14H,2,4,8,16H2,1,3H3. The number of hydrogen-bond acceptors (Lipinski definition) is 2. The molecule has 0 saturated carbocycles. The van der Waals surface area contributed by atoms with Crippen molar-refractivity contribution in [3.63, 3.8) is 0 Å². The molecule has 0 heterocycles. The van der Waals surface area contributed by atoms with E-state index in [2.05, 4.69) is 13.5 Å². The predicted octanol–water partition coefficient (Wildman–Crippen LogP) is 3.79. The number of ether oxygens (including phenoxy) is 1. The van der Waals surface area contributed by atoms with Gasteiger partial charge in [0, 0.05) is 11.1 Å². The van der Waals surface area contributed by atoms with Crippen molar-refractivity contribution in [2.45, 2.75) is 38.8 Å². The number of halogens is 1. The molecular weight excluding hydrogens is 234 g/mol. The zero-order valence-corrected chi connectivity index (χ0v) is 11.2. The van der Waals surface area contributed by atoms with Gasteiger partial charge in [-0.05, 0) is 38.0 Å². The van der Waals surface area contributed by atoms with Gasteiger partial charge < -0.3 is 10.5 Å². The molecule has 17 heavy (non-hydrogen) atoms. The van der Waals surface area contributed by atoms with Crippen molar-refractivity contribution in [2.75, 3.05) is 0 Å². The van der Waals surface area contributed by atoms with Gasteiger partial charge in [0.15, 0.2) is 0 Å². The van der Waals surface area contributed by atoms with Gasteiger partial charge in [-0.1, -0.05) is 36.7 Å². The third-order valence-corrected chi connectivity index (χ3v) is 2.98. The molecule has 2 atom stereocenters. The zero-order valence-electron chi connectivity index (χ0n) is 10.4. The highest BCUT2D eigenvalue weighted by Gasteiger charge is 2.15. The minimum Gasteiger partial charge on any atom is -0.489 e. The summed E-state index contributed by atoms with van der Waals surface area (Å²) in [4.78, 5) is 0. The van der Waals surface area contributed by atoms with Gasteiger partial charge in [-0.15, -0.1) is 0 Å². The van der Waals surface area contributed by atoms with E-state index in [0.29, 0.717) is 5.02 Å². The molecule has 0 aliphatic carbocycles. The number of rotatable bonds is 6. The van der Waals surface area contributed by atoms with Crippen molar-refractivity contribution in [3.05, 3.63) is 41.4 Å². The number of hydrogen-bond donors (Lipinski definition) is 1. The summed E-state index contributed by atoms with van der Waals surface area (Å²) in [5.74, 6) is 0.752. The minimum atomic E-state index is -0.0585. The van der Waals surface area contributed by atoms with E-state index in [4.69, 9.17) is 22.1 Å². The Kier molecular flexibility index (Phi) is 5.52. The molecule has 0 saturated heterocycles. The Morgan fingerprint density at radius 2 is 2.24 bits per heavy atom. The largest absolute Gasteiger partial charge is 0.489 e. The lowest BCUT2D eigenvalue weighted by atomic mass is 10.0. The van der Waals surface area contributed by atoms with E-state index in [9.17, 15) is 0 Å². The Morgan fingerprint density at radius 3 is 2.82 bits per heavy atom. The van der Waals surface area contributed by atoms with Crippen LogP contribution in [-0.4, -0.2) is 12.1 Å². The van der Waals surface area contributed by atoms with Crippen LogP contribution >= 0.6 is 11.6 Å². The molecule has 0 fully saturated rings. The van der Waals surface area contributed by atoms with Crippen LogP contribution in [-0.2, 0) is 0 Å². The van der Waals surface area contributed by atoms with Crippen molar-refractivity contribution in [3.8, 4) is 5.75 Å². The Morgan fingerprint density at radius 1 is 1.53 bits per heavy atom. The second-order valence-corrected chi connectivity index (χ2v) is 4.69. The summed E-state index contributed by atoms with van der Waals surface area (Å²) in [5.41, 5.74) is 7.21. The average molecular weight is 254 g/mol. The van der Waals surface area contributed by atoms with Gasteiger partial charge in [0.1, 0.15) is 11.9 Å². The smallest absolute Gasteiger partial charge is 0.121 e. The van der Waals surface area contributed by atoms with Gasteiger partial charge in [0.05, 0.1) is 0 Å². The molecule has 1 aromatic carbocycles. The van der Waals surface area contributed by atoms with Crippen LogP contribution in [0.25, 0.3) is 0 Å². The fourth-order valence-corrected chi connectivity index (χ4v) is 1.67. The van der Waals surface area contributed by atoms with Gasteiger partial charge >= 0.3 is 0 Å². The Hall–Kier alpha value is -0.990. The van der Waals surface area contributed by atoms with Crippen LogP contribution in [0.2, 0.25) is 5.02 Å². The maximum Gasteiger partial charge on any atom is 0.121 e. The van der Waals surface area contributed by atoms with Gasteiger partial charge in [-0.25, -0.2) is 0 Å². The summed E-state index contributed by atoms with van der Waals surface area (Å²) in [7, 11) is 0. The molecule has 0 aromatic heterocycles. The van der Waals surface area contributed by atoms with Crippen LogP contribution < -0.4 is 10.5 Å². The van der Waals surface area contributed by atoms with Crippen LogP contribution in [0.1, 0.15) is 26.7 Å². The molecule has 2 nitrogen and oxygen atoms in total. The first-order valence-electron chi connectivity index (χ1n) is 5.87. The Balaban J connectivity index is 2.53. The van der Waals surface area contributed by atoms with Crippen molar-refractivity contribution < 1.29 is 4.74 Å². The second kappa shape index (κ2) is 6.67. The maximum absolute atomic E-state index is 6.06. The molecule has 2 unspecified atom stereocenters. The van der Waals surface area contributed by atoms with Crippen molar-refractivity contribution in [1.82, 2.24) is 0 Å². The van der Waals surface area contributed by atoms with E-state index in [1.807, 2.05) is 25.1 Å². The lowest BCUT2D eigenvalue weighted by Crippen LogP contribution is -2.36. The minimum absolute atomic E-state index is 0.0403. The SMILES string of the molecule is C=C(CC)CC(N)C(C)Oc1cccc(Cl)c1. The summed E-state index contributed by atoms with van der Waals surface area (Å²) < 4.78 is 5.75. The summed E-state index contributed by atoms with van der Waals surface area (Å²) in [5, 5.41) is 0.668. The van der Waals surface area contributed by atoms with Crippen molar-refractivity contribution in [1.29, 1.82) is 0 Å². The van der Waals surface area contributed by atoms with E-state index < -0.39 is 0 Å². The molecule has 2 N–H and O–H groups in total. The lowest BCUT2D eigenvalue weighted by molar-refractivity contribution is 0.188. The molecule has 94 valence electrons. The van der Waals surface area contributed by atoms with Gasteiger partial charge in [-0.2, -0.15) is 0 Å². The summed E-state index contributed by atoms with van der Waals surface area (Å²) in [6.07, 6.45) is 1.69. The first-order valence-corrected chi connectivity index (χ1v) is 6.25. The molecule has 0 radical (unpaired) electrons. The third-order valence-electron chi connectivity index (χ3n) is 2.75. The number of benzene rings is 1. The molecule has 0 bridgehead atoms. The summed E-state index contributed by atoms with van der Waals surface area (Å²) in [6, 6.07) is 7.31. The van der Waals surface area contributed by atoms with E-state index in [0.717, 1.165) is 24.2 Å². The van der Waals surface area contributed by atoms with Crippen LogP contribution in [0.3, 0.4) is 0 Å². The fourth-order valence-electron chi connectivity index (χ4n) is 1.49. The average Bonchev–Trinajstić information content (AvgIpc) is 2.28. The third kappa shape index (κ3) is 4.80. The van der Waals surface area contributed by atoms with E-state index in [1.165, 1.54) is 0 Å². The maximum atomic E-state index is 6.06. The van der Waals surface area contributed by atoms with Crippen LogP contribution in [0, 0.1) is 0 Å². The van der Waals surface area contributed by atoms with Gasteiger partial charge in [0.25, 0.3) is 0 Å². The van der Waals surface area contributed by atoms with Crippen LogP contribution in [0.5, 0.6) is 5.75 Å². The molecular formula is C14H20ClNO. The van der Waals surface area contributed by atoms with E-state index in [1.54, 1.807) is 6.07 Å². The van der Waals surface area contributed by atoms with Crippen LogP contribution in [0.15, 0.2) is 36.4 Å². The lowest BCUT2D eigenvalue weighted by Gasteiger charge is -2.22. The summed E-state index contributed by atoms with van der Waals surface area (Å²) in [6.45, 7) is 8.01. The molecule has 0 spiro atoms. The molecule has 1 rings (SSSR count). The van der Waals surface area contributed by atoms with E-state index >= 15 is 0 Å². The van der Waals surface area contributed by atoms with Crippen molar-refractivity contribution >= 4 is 11.6 Å². The molecule has 3 heteroatoms. The first-order chi connectivity index (χ1) is 8.02. The van der Waals surface area contributed by atoms with Crippen LogP contribution in [0.4, 0.5) is 0 Å². The Bertz CT molecular complexity index is 378. The first kappa shape index (κ1) is 14.1. The highest BCUT2D eigenvalue weighted by molar-refractivity contribution is 6.30. The number of nitrogens with two attached hydrogens (primary N) is 1. The molecule has 0 amide bonds. The van der Waals surface area contributed by atoms with E-state index in [-0.39, 0.29) is 12.1 Å². The second-order valence-electron chi connectivity index (χ2n) is 4.25. The monoisotopic (exact) mass is 253 g/mol. The highest BCUT2D eigenvalue weighted by Crippen LogP contribution is 2.20. The molecule has 1 aromatic rings. The summed E-state index contributed by atoms with van der Waals surface area (Å²) >= 11 is 5.89. The van der Waals surface area contributed by atoms with Gasteiger partial charge in [0.2, 0.25) is 0 Å². The zero-order chi connectivity index (χ0) is 12.8. The molecule has 0 aliphatic rings. The predicted molar refractivity (Wildman–Crippen MR) is 73.6 cm³/mol. The Labute approximate surface area is 108 Å². The highest BCUT2D eigenvalue weighted by atomic mass is 35.5. The normalized spacial score (nSPS) is 14.1.